The molecule has 0 radical (unpaired) electrons. The minimum atomic E-state index is -1.66. The van der Waals surface area contributed by atoms with Crippen LogP contribution in [0.25, 0.3) is 0 Å². The lowest BCUT2D eigenvalue weighted by Crippen LogP contribution is -2.51. The third kappa shape index (κ3) is 9.00. The first-order valence-corrected chi connectivity index (χ1v) is 15.6. The Labute approximate surface area is 287 Å². The summed E-state index contributed by atoms with van der Waals surface area (Å²) in [5.74, 6) is -5.59. The van der Waals surface area contributed by atoms with Gasteiger partial charge < -0.3 is 41.7 Å². The molecule has 0 saturated carbocycles. The second-order valence-electron chi connectivity index (χ2n) is 12.3. The number of nitrogens with zero attached hydrogens (tertiary/aromatic N) is 2. The summed E-state index contributed by atoms with van der Waals surface area (Å²) < 4.78 is 0. The van der Waals surface area contributed by atoms with E-state index in [1.54, 1.807) is 44.2 Å². The number of Topliss-reactive ketones (excluding diaryl/α,β-unsaturated/α-hetero) is 1. The molecule has 1 aliphatic rings. The fraction of sp³-hybridized carbons (Fsp3) is 0.286. The zero-order chi connectivity index (χ0) is 36.7. The zero-order valence-corrected chi connectivity index (χ0v) is 27.7. The van der Waals surface area contributed by atoms with Crippen molar-refractivity contribution < 1.29 is 43.8 Å². The minimum Gasteiger partial charge on any atom is -0.481 e. The van der Waals surface area contributed by atoms with E-state index in [2.05, 4.69) is 16.0 Å². The van der Waals surface area contributed by atoms with Crippen LogP contribution in [0.3, 0.4) is 0 Å². The number of nitrogens with one attached hydrogen (secondary N) is 3. The van der Waals surface area contributed by atoms with E-state index >= 15 is 0 Å². The van der Waals surface area contributed by atoms with Gasteiger partial charge >= 0.3 is 18.0 Å². The van der Waals surface area contributed by atoms with Gasteiger partial charge in [-0.3, -0.25) is 28.8 Å². The number of aliphatic carboxylic acids is 2. The topological polar surface area (TPSA) is 229 Å². The number of carboxylic acid groups (broad SMARTS) is 2. The maximum Gasteiger partial charge on any atom is 0.323 e. The first-order valence-electron chi connectivity index (χ1n) is 15.6. The van der Waals surface area contributed by atoms with Crippen molar-refractivity contribution in [3.05, 3.63) is 83.4 Å². The van der Waals surface area contributed by atoms with E-state index in [9.17, 15) is 43.8 Å². The Balaban J connectivity index is 1.52. The van der Waals surface area contributed by atoms with Gasteiger partial charge in [-0.1, -0.05) is 30.3 Å². The van der Waals surface area contributed by atoms with E-state index in [0.29, 0.717) is 16.9 Å². The average molecular weight is 687 g/mol. The summed E-state index contributed by atoms with van der Waals surface area (Å²) in [7, 11) is 0. The number of benzene rings is 3. The minimum absolute atomic E-state index is 0.0142. The Hall–Kier alpha value is -6.25. The number of ketones is 1. The third-order valence-corrected chi connectivity index (χ3v) is 8.13. The van der Waals surface area contributed by atoms with Crippen molar-refractivity contribution in [2.45, 2.75) is 51.6 Å². The average Bonchev–Trinajstić information content (AvgIpc) is 3.13. The number of anilines is 4. The third-order valence-electron chi connectivity index (χ3n) is 8.13. The van der Waals surface area contributed by atoms with Crippen LogP contribution in [-0.4, -0.2) is 81.3 Å². The zero-order valence-electron chi connectivity index (χ0n) is 27.7. The molecule has 1 aliphatic heterocycles. The maximum absolute atomic E-state index is 13.8. The monoisotopic (exact) mass is 686 g/mol. The van der Waals surface area contributed by atoms with Crippen molar-refractivity contribution >= 4 is 64.2 Å². The summed E-state index contributed by atoms with van der Waals surface area (Å²) >= 11 is 0. The molecular weight excluding hydrogens is 648 g/mol. The molecule has 1 atom stereocenters. The number of primary amides is 1. The molecule has 3 aromatic carbocycles. The summed E-state index contributed by atoms with van der Waals surface area (Å²) in [6.45, 7) is 4.14. The van der Waals surface area contributed by atoms with Crippen LogP contribution < -0.4 is 26.6 Å². The van der Waals surface area contributed by atoms with Gasteiger partial charge in [-0.15, -0.1) is 0 Å². The highest BCUT2D eigenvalue weighted by Crippen LogP contribution is 2.31. The Morgan fingerprint density at radius 3 is 2.18 bits per heavy atom. The molecule has 7 N–H and O–H groups in total. The van der Waals surface area contributed by atoms with Gasteiger partial charge in [0.05, 0.1) is 29.6 Å². The molecular formula is C35H38N6O9. The molecule has 1 heterocycles. The number of carbonyl (C=O) groups is 7. The number of amides is 5. The number of fused-ring (bicyclic) bond motifs is 1. The summed E-state index contributed by atoms with van der Waals surface area (Å²) in [5.41, 5.74) is 7.23. The van der Waals surface area contributed by atoms with Gasteiger partial charge in [0, 0.05) is 30.0 Å². The summed E-state index contributed by atoms with van der Waals surface area (Å²) in [4.78, 5) is 89.9. The van der Waals surface area contributed by atoms with Crippen LogP contribution in [0.1, 0.15) is 48.2 Å². The van der Waals surface area contributed by atoms with Crippen LogP contribution in [-0.2, 0) is 30.4 Å². The Morgan fingerprint density at radius 2 is 1.56 bits per heavy atom. The van der Waals surface area contributed by atoms with Crippen LogP contribution in [0, 0.1) is 6.92 Å². The largest absolute Gasteiger partial charge is 0.481 e. The molecule has 0 spiro atoms. The van der Waals surface area contributed by atoms with Gasteiger partial charge in [-0.25, -0.2) is 4.79 Å². The number of carbonyl (C=O) groups excluding carboxylic acids is 5. The molecule has 15 nitrogen and oxygen atoms in total. The van der Waals surface area contributed by atoms with Gasteiger partial charge in [0.1, 0.15) is 12.6 Å². The smallest absolute Gasteiger partial charge is 0.323 e. The van der Waals surface area contributed by atoms with Gasteiger partial charge in [-0.05, 0) is 68.3 Å². The number of rotatable bonds is 14. The molecule has 3 aromatic rings. The van der Waals surface area contributed by atoms with Gasteiger partial charge in [0.15, 0.2) is 5.78 Å². The van der Waals surface area contributed by atoms with E-state index in [4.69, 9.17) is 5.73 Å². The highest BCUT2D eigenvalue weighted by atomic mass is 16.4. The number of urea groups is 1. The molecule has 0 aromatic heterocycles. The summed E-state index contributed by atoms with van der Waals surface area (Å²) in [5, 5.41) is 27.2. The molecule has 0 saturated heterocycles. The summed E-state index contributed by atoms with van der Waals surface area (Å²) in [6, 6.07) is 16.3. The SMILES string of the molecule is Cc1ccccc1NC(=O)Nc1ccc(CC(=O)C(C)(C)Nc2ccc3c(c2)C(=O)N([C@@H](CC(=O)O)C(N)=O)CC(=O)N3CCC(=O)O)cc1. The predicted molar refractivity (Wildman–Crippen MR) is 184 cm³/mol. The van der Waals surface area contributed by atoms with Crippen molar-refractivity contribution in [2.75, 3.05) is 33.9 Å². The lowest BCUT2D eigenvalue weighted by atomic mass is 9.93. The van der Waals surface area contributed by atoms with E-state index < -0.39 is 66.7 Å². The summed E-state index contributed by atoms with van der Waals surface area (Å²) in [6.07, 6.45) is -1.29. The molecule has 5 amide bonds. The fourth-order valence-corrected chi connectivity index (χ4v) is 5.39. The van der Waals surface area contributed by atoms with Crippen LogP contribution in [0.5, 0.6) is 0 Å². The van der Waals surface area contributed by atoms with Gasteiger partial charge in [0.2, 0.25) is 11.8 Å². The second-order valence-corrected chi connectivity index (χ2v) is 12.3. The number of nitrogens with two attached hydrogens (primary N) is 1. The molecule has 4 rings (SSSR count). The van der Waals surface area contributed by atoms with Crippen LogP contribution in [0.2, 0.25) is 0 Å². The van der Waals surface area contributed by atoms with Crippen molar-refractivity contribution in [1.29, 1.82) is 0 Å². The van der Waals surface area contributed by atoms with Crippen molar-refractivity contribution in [2.24, 2.45) is 5.73 Å². The van der Waals surface area contributed by atoms with Crippen LogP contribution in [0.4, 0.5) is 27.5 Å². The first-order chi connectivity index (χ1) is 23.5. The molecule has 262 valence electrons. The highest BCUT2D eigenvalue weighted by Gasteiger charge is 2.39. The predicted octanol–water partition coefficient (Wildman–Crippen LogP) is 3.23. The number of para-hydroxylation sites is 1. The fourth-order valence-electron chi connectivity index (χ4n) is 5.39. The van der Waals surface area contributed by atoms with Crippen LogP contribution in [0.15, 0.2) is 66.7 Å². The van der Waals surface area contributed by atoms with Gasteiger partial charge in [0.25, 0.3) is 5.91 Å². The number of aryl methyl sites for hydroxylation is 1. The van der Waals surface area contributed by atoms with Crippen LogP contribution >= 0.6 is 0 Å². The molecule has 0 aliphatic carbocycles. The number of carboxylic acids is 2. The lowest BCUT2D eigenvalue weighted by Gasteiger charge is -2.28. The van der Waals surface area contributed by atoms with E-state index in [-0.39, 0.29) is 35.7 Å². The lowest BCUT2D eigenvalue weighted by molar-refractivity contribution is -0.141. The molecule has 15 heteroatoms. The Morgan fingerprint density at radius 1 is 0.900 bits per heavy atom. The van der Waals surface area contributed by atoms with Crippen molar-refractivity contribution in [1.82, 2.24) is 4.90 Å². The Kier molecular flexibility index (Phi) is 11.2. The Bertz CT molecular complexity index is 1840. The molecule has 50 heavy (non-hydrogen) atoms. The van der Waals surface area contributed by atoms with E-state index in [1.165, 1.54) is 18.2 Å². The van der Waals surface area contributed by atoms with Gasteiger partial charge in [-0.2, -0.15) is 0 Å². The van der Waals surface area contributed by atoms with Crippen molar-refractivity contribution in [3.8, 4) is 0 Å². The number of hydrogen-bond donors (Lipinski definition) is 6. The normalized spacial score (nSPS) is 13.5. The van der Waals surface area contributed by atoms with E-state index in [0.717, 1.165) is 15.4 Å². The highest BCUT2D eigenvalue weighted by molar-refractivity contribution is 6.12. The molecule has 0 unspecified atom stereocenters. The van der Waals surface area contributed by atoms with Crippen molar-refractivity contribution in [3.63, 3.8) is 0 Å². The quantitative estimate of drug-likeness (QED) is 0.145. The standard InChI is InChI=1S/C35H38N6O9/c1-20-6-4-5-7-25(20)38-34(50)37-22-10-8-21(9-11-22)16-28(42)35(2,3)39-23-12-13-26-24(17-23)33(49)41(27(32(36)48)18-31(46)47)19-29(43)40(26)15-14-30(44)45/h4-13,17,27,39H,14-16,18-19H2,1-3H3,(H2,36,48)(H,44,45)(H,46,47)(H2,37,38,50)/t27-/m0/s1. The first kappa shape index (κ1) is 36.6. The van der Waals surface area contributed by atoms with E-state index in [1.807, 2.05) is 25.1 Å². The molecule has 0 fully saturated rings. The molecule has 0 bridgehead atoms. The second kappa shape index (κ2) is 15.3. The maximum atomic E-state index is 13.8. The number of hydrogen-bond acceptors (Lipinski definition) is 8.